The molecule has 1 atom stereocenters. The minimum Gasteiger partial charge on any atom is -0.310 e. The number of carbonyl (C=O) groups is 1. The van der Waals surface area contributed by atoms with Crippen LogP contribution in [0.5, 0.6) is 0 Å². The summed E-state index contributed by atoms with van der Waals surface area (Å²) in [7, 11) is 0. The molecule has 2 aliphatic heterocycles. The molecular weight excluding hydrogens is 238 g/mol. The molecule has 2 heterocycles. The van der Waals surface area contributed by atoms with Gasteiger partial charge in [-0.2, -0.15) is 0 Å². The van der Waals surface area contributed by atoms with Gasteiger partial charge in [0, 0.05) is 12.6 Å². The number of fused-ring (bicyclic) bond motifs is 1. The normalized spacial score (nSPS) is 22.3. The van der Waals surface area contributed by atoms with Crippen molar-refractivity contribution in [2.75, 3.05) is 18.0 Å². The Hall–Kier alpha value is -1.49. The van der Waals surface area contributed by atoms with E-state index in [2.05, 4.69) is 5.32 Å². The van der Waals surface area contributed by atoms with Crippen molar-refractivity contribution in [3.05, 3.63) is 29.3 Å². The van der Waals surface area contributed by atoms with Gasteiger partial charge < -0.3 is 10.2 Å². The van der Waals surface area contributed by atoms with Gasteiger partial charge >= 0.3 is 0 Å². The second-order valence-corrected chi connectivity index (χ2v) is 4.78. The van der Waals surface area contributed by atoms with Gasteiger partial charge in [-0.3, -0.25) is 4.79 Å². The van der Waals surface area contributed by atoms with Gasteiger partial charge in [0.1, 0.15) is 0 Å². The van der Waals surface area contributed by atoms with Gasteiger partial charge in [-0.05, 0) is 37.4 Å². The van der Waals surface area contributed by atoms with Gasteiger partial charge in [0.05, 0.1) is 11.7 Å². The number of nitrogens with zero attached hydrogens (tertiary/aromatic N) is 1. The minimum absolute atomic E-state index is 0.0303. The molecule has 1 saturated heterocycles. The molecule has 0 aliphatic carbocycles. The molecule has 1 aromatic rings. The Labute approximate surface area is 104 Å². The summed E-state index contributed by atoms with van der Waals surface area (Å²) >= 11 is 0. The summed E-state index contributed by atoms with van der Waals surface area (Å²) < 4.78 is 26.4. The molecule has 0 saturated carbocycles. The van der Waals surface area contributed by atoms with Crippen LogP contribution in [0.25, 0.3) is 0 Å². The van der Waals surface area contributed by atoms with Gasteiger partial charge in [0.2, 0.25) is 5.91 Å². The van der Waals surface area contributed by atoms with Crippen molar-refractivity contribution >= 4 is 11.6 Å². The van der Waals surface area contributed by atoms with E-state index < -0.39 is 11.6 Å². The third-order valence-corrected chi connectivity index (χ3v) is 3.64. The number of amides is 1. The smallest absolute Gasteiger partial charge is 0.244 e. The van der Waals surface area contributed by atoms with Gasteiger partial charge in [-0.25, -0.2) is 8.78 Å². The lowest BCUT2D eigenvalue weighted by Crippen LogP contribution is -2.43. The quantitative estimate of drug-likeness (QED) is 0.823. The number of rotatable bonds is 1. The Morgan fingerprint density at radius 3 is 2.83 bits per heavy atom. The van der Waals surface area contributed by atoms with E-state index >= 15 is 0 Å². The lowest BCUT2D eigenvalue weighted by Gasteiger charge is -2.21. The zero-order chi connectivity index (χ0) is 12.7. The van der Waals surface area contributed by atoms with E-state index in [-0.39, 0.29) is 11.9 Å². The first-order chi connectivity index (χ1) is 8.66. The summed E-state index contributed by atoms with van der Waals surface area (Å²) in [5, 5.41) is 3.13. The Morgan fingerprint density at radius 1 is 1.33 bits per heavy atom. The zero-order valence-electron chi connectivity index (χ0n) is 9.88. The molecule has 0 bridgehead atoms. The van der Waals surface area contributed by atoms with Crippen LogP contribution < -0.4 is 10.2 Å². The fourth-order valence-corrected chi connectivity index (χ4v) is 2.69. The highest BCUT2D eigenvalue weighted by atomic mass is 19.2. The van der Waals surface area contributed by atoms with E-state index in [1.807, 2.05) is 0 Å². The van der Waals surface area contributed by atoms with Crippen LogP contribution in [0.3, 0.4) is 0 Å². The number of hydrogen-bond acceptors (Lipinski definition) is 2. The maximum absolute atomic E-state index is 13.3. The van der Waals surface area contributed by atoms with Gasteiger partial charge in [-0.15, -0.1) is 0 Å². The second-order valence-electron chi connectivity index (χ2n) is 4.78. The number of nitrogens with one attached hydrogen (secondary N) is 1. The third-order valence-electron chi connectivity index (χ3n) is 3.64. The number of halogens is 2. The molecule has 1 aromatic carbocycles. The lowest BCUT2D eigenvalue weighted by atomic mass is 10.1. The maximum atomic E-state index is 13.3. The molecule has 2 aliphatic rings. The van der Waals surface area contributed by atoms with Crippen molar-refractivity contribution in [1.82, 2.24) is 5.32 Å². The fourth-order valence-electron chi connectivity index (χ4n) is 2.69. The largest absolute Gasteiger partial charge is 0.310 e. The van der Waals surface area contributed by atoms with Crippen LogP contribution in [-0.2, 0) is 11.2 Å². The van der Waals surface area contributed by atoms with Crippen LogP contribution in [-0.4, -0.2) is 25.0 Å². The standard InChI is InChI=1S/C13H14F2N2O/c14-9-6-8-3-5-17(12(8)7-10(9)15)13(18)11-2-1-4-16-11/h6-7,11,16H,1-5H2. The van der Waals surface area contributed by atoms with Crippen LogP contribution >= 0.6 is 0 Å². The molecule has 1 unspecified atom stereocenters. The predicted octanol–water partition coefficient (Wildman–Crippen LogP) is 1.61. The second kappa shape index (κ2) is 4.31. The molecule has 18 heavy (non-hydrogen) atoms. The predicted molar refractivity (Wildman–Crippen MR) is 63.4 cm³/mol. The highest BCUT2D eigenvalue weighted by molar-refractivity contribution is 5.99. The van der Waals surface area contributed by atoms with Crippen molar-refractivity contribution in [1.29, 1.82) is 0 Å². The van der Waals surface area contributed by atoms with Gasteiger partial charge in [0.25, 0.3) is 0 Å². The van der Waals surface area contributed by atoms with E-state index in [4.69, 9.17) is 0 Å². The van der Waals surface area contributed by atoms with Crippen LogP contribution in [0.4, 0.5) is 14.5 Å². The third kappa shape index (κ3) is 1.79. The Bertz CT molecular complexity index is 498. The summed E-state index contributed by atoms with van der Waals surface area (Å²) in [5.41, 5.74) is 1.23. The monoisotopic (exact) mass is 252 g/mol. The summed E-state index contributed by atoms with van der Waals surface area (Å²) in [5.74, 6) is -1.77. The number of anilines is 1. The highest BCUT2D eigenvalue weighted by Crippen LogP contribution is 2.31. The number of hydrogen-bond donors (Lipinski definition) is 1. The number of benzene rings is 1. The summed E-state index contributed by atoms with van der Waals surface area (Å²) in [6.45, 7) is 1.35. The maximum Gasteiger partial charge on any atom is 0.244 e. The number of carbonyl (C=O) groups excluding carboxylic acids is 1. The SMILES string of the molecule is O=C(C1CCCN1)N1CCc2cc(F)c(F)cc21. The first-order valence-electron chi connectivity index (χ1n) is 6.19. The first kappa shape index (κ1) is 11.6. The fraction of sp³-hybridized carbons (Fsp3) is 0.462. The molecule has 0 aromatic heterocycles. The zero-order valence-corrected chi connectivity index (χ0v) is 9.88. The Morgan fingerprint density at radius 2 is 2.11 bits per heavy atom. The molecular formula is C13H14F2N2O. The summed E-state index contributed by atoms with van der Waals surface area (Å²) in [6, 6.07) is 2.15. The van der Waals surface area contributed by atoms with Gasteiger partial charge in [0.15, 0.2) is 11.6 Å². The molecule has 96 valence electrons. The lowest BCUT2D eigenvalue weighted by molar-refractivity contribution is -0.120. The van der Waals surface area contributed by atoms with Crippen molar-refractivity contribution < 1.29 is 13.6 Å². The van der Waals surface area contributed by atoms with E-state index in [0.29, 0.717) is 24.2 Å². The van der Waals surface area contributed by atoms with Crippen LogP contribution in [0, 0.1) is 11.6 Å². The molecule has 1 N–H and O–H groups in total. The average molecular weight is 252 g/mol. The molecule has 0 spiro atoms. The molecule has 1 amide bonds. The van der Waals surface area contributed by atoms with E-state index in [9.17, 15) is 13.6 Å². The molecule has 3 rings (SSSR count). The molecule has 1 fully saturated rings. The Kier molecular flexibility index (Phi) is 2.78. The summed E-state index contributed by atoms with van der Waals surface area (Å²) in [6.07, 6.45) is 2.38. The van der Waals surface area contributed by atoms with Crippen molar-refractivity contribution in [2.24, 2.45) is 0 Å². The van der Waals surface area contributed by atoms with Crippen molar-refractivity contribution in [3.63, 3.8) is 0 Å². The summed E-state index contributed by atoms with van der Waals surface area (Å²) in [4.78, 5) is 13.8. The Balaban J connectivity index is 1.89. The van der Waals surface area contributed by atoms with E-state index in [0.717, 1.165) is 25.5 Å². The highest BCUT2D eigenvalue weighted by Gasteiger charge is 2.32. The van der Waals surface area contributed by atoms with Crippen molar-refractivity contribution in [3.8, 4) is 0 Å². The van der Waals surface area contributed by atoms with E-state index in [1.165, 1.54) is 6.07 Å². The van der Waals surface area contributed by atoms with Crippen molar-refractivity contribution in [2.45, 2.75) is 25.3 Å². The topological polar surface area (TPSA) is 32.3 Å². The van der Waals surface area contributed by atoms with Crippen LogP contribution in [0.2, 0.25) is 0 Å². The van der Waals surface area contributed by atoms with Gasteiger partial charge in [-0.1, -0.05) is 0 Å². The first-order valence-corrected chi connectivity index (χ1v) is 6.19. The van der Waals surface area contributed by atoms with Crippen LogP contribution in [0.1, 0.15) is 18.4 Å². The van der Waals surface area contributed by atoms with Crippen LogP contribution in [0.15, 0.2) is 12.1 Å². The molecule has 5 heteroatoms. The minimum atomic E-state index is -0.896. The molecule has 0 radical (unpaired) electrons. The van der Waals surface area contributed by atoms with E-state index in [1.54, 1.807) is 4.90 Å². The average Bonchev–Trinajstić information content (AvgIpc) is 2.98. The molecule has 3 nitrogen and oxygen atoms in total.